The molecule has 1 fully saturated rings. The van der Waals surface area contributed by atoms with Crippen LogP contribution in [0.25, 0.3) is 6.08 Å². The summed E-state index contributed by atoms with van der Waals surface area (Å²) in [5.41, 5.74) is 8.82. The Kier molecular flexibility index (Phi) is 10.4. The fraction of sp³-hybridized carbons (Fsp3) is 0.472. The number of nitrogens with two attached hydrogens (primary N) is 1. The number of phenolic OH excluding ortho intramolecular Hbond substituents is 1. The van der Waals surface area contributed by atoms with Gasteiger partial charge in [0.1, 0.15) is 5.82 Å². The van der Waals surface area contributed by atoms with Crippen molar-refractivity contribution < 1.29 is 29.6 Å². The molecule has 3 atom stereocenters. The predicted octanol–water partition coefficient (Wildman–Crippen LogP) is 4.90. The van der Waals surface area contributed by atoms with Gasteiger partial charge in [-0.15, -0.1) is 0 Å². The Labute approximate surface area is 264 Å². The van der Waals surface area contributed by atoms with Crippen molar-refractivity contribution >= 4 is 23.5 Å². The van der Waals surface area contributed by atoms with Crippen LogP contribution in [0, 0.1) is 11.3 Å². The van der Waals surface area contributed by atoms with Gasteiger partial charge in [0.15, 0.2) is 29.2 Å². The number of fused-ring (bicyclic) bond motifs is 1. The van der Waals surface area contributed by atoms with E-state index in [4.69, 9.17) is 10.5 Å². The first-order valence-electron chi connectivity index (χ1n) is 16.0. The van der Waals surface area contributed by atoms with Crippen LogP contribution < -0.4 is 15.5 Å². The second kappa shape index (κ2) is 14.4. The zero-order chi connectivity index (χ0) is 32.0. The van der Waals surface area contributed by atoms with Gasteiger partial charge in [-0.3, -0.25) is 9.59 Å². The number of aryl methyl sites for hydroxylation is 1. The fourth-order valence-corrected chi connectivity index (χ4v) is 7.18. The number of aromatic hydroxyl groups is 1. The quantitative estimate of drug-likeness (QED) is 0.186. The molecule has 240 valence electrons. The van der Waals surface area contributed by atoms with E-state index in [1.54, 1.807) is 24.5 Å². The SMILES string of the molecule is COc1cc(CCC(=O)C(O)C(=O)CCCC2CCCCC2)cc(C2c3ccnc(N)c3C=CC2(CO)Cc2ccc[n-]2)c1O. The molecule has 2 aromatic heterocycles. The van der Waals surface area contributed by atoms with Crippen molar-refractivity contribution in [3.63, 3.8) is 0 Å². The number of carbonyl (C=O) groups excluding carboxylic acids is 2. The highest BCUT2D eigenvalue weighted by Crippen LogP contribution is 2.53. The number of nitrogen functional groups attached to an aromatic ring is 1. The number of rotatable bonds is 14. The number of anilines is 1. The minimum atomic E-state index is -1.64. The van der Waals surface area contributed by atoms with Gasteiger partial charge in [0.2, 0.25) is 0 Å². The lowest BCUT2D eigenvalue weighted by molar-refractivity contribution is -0.138. The fourth-order valence-electron chi connectivity index (χ4n) is 7.18. The van der Waals surface area contributed by atoms with Gasteiger partial charge >= 0.3 is 0 Å². The van der Waals surface area contributed by atoms with E-state index in [9.17, 15) is 24.9 Å². The van der Waals surface area contributed by atoms with Crippen molar-refractivity contribution in [1.82, 2.24) is 9.97 Å². The van der Waals surface area contributed by atoms with E-state index in [0.717, 1.165) is 17.7 Å². The Bertz CT molecular complexity index is 1510. The second-order valence-electron chi connectivity index (χ2n) is 12.6. The van der Waals surface area contributed by atoms with E-state index < -0.39 is 29.0 Å². The van der Waals surface area contributed by atoms with Crippen LogP contribution in [0.5, 0.6) is 11.5 Å². The van der Waals surface area contributed by atoms with Gasteiger partial charge < -0.3 is 30.8 Å². The summed E-state index contributed by atoms with van der Waals surface area (Å²) in [5, 5.41) is 33.0. The van der Waals surface area contributed by atoms with Gasteiger partial charge in [-0.25, -0.2) is 4.98 Å². The highest BCUT2D eigenvalue weighted by atomic mass is 16.5. The zero-order valence-electron chi connectivity index (χ0n) is 26.0. The molecule has 0 bridgehead atoms. The topological polar surface area (TPSA) is 157 Å². The molecule has 5 N–H and O–H groups in total. The Balaban J connectivity index is 1.38. The molecule has 0 amide bonds. The first kappa shape index (κ1) is 32.4. The molecule has 1 saturated carbocycles. The van der Waals surface area contributed by atoms with Crippen LogP contribution in [0.4, 0.5) is 5.82 Å². The van der Waals surface area contributed by atoms with Gasteiger partial charge in [-0.1, -0.05) is 68.9 Å². The van der Waals surface area contributed by atoms with Crippen molar-refractivity contribution in [1.29, 1.82) is 0 Å². The standard InChI is InChI=1S/C36H44N3O6/c1-45-31-20-24(12-13-30(42)34(44)29(41)11-5-9-23-7-3-2-4-8-23)19-28(33(31)43)32-26-15-18-39-35(37)27(26)14-16-36(32,22-40)21-25-10-6-17-38-25/h6,10,14-20,23,32,34,40,43-44H,2-5,7-9,11-13,21-22H2,1H3,(H2,37,39)/q-1. The Morgan fingerprint density at radius 1 is 1.13 bits per heavy atom. The number of hydrogen-bond donors (Lipinski definition) is 4. The first-order valence-corrected chi connectivity index (χ1v) is 16.0. The third-order valence-corrected chi connectivity index (χ3v) is 9.67. The Morgan fingerprint density at radius 3 is 2.62 bits per heavy atom. The van der Waals surface area contributed by atoms with Crippen LogP contribution >= 0.6 is 0 Å². The second-order valence-corrected chi connectivity index (χ2v) is 12.6. The lowest BCUT2D eigenvalue weighted by Gasteiger charge is -2.42. The molecule has 3 aromatic rings. The number of phenols is 1. The number of aliphatic hydroxyl groups is 2. The number of ether oxygens (including phenoxy) is 1. The van der Waals surface area contributed by atoms with Gasteiger partial charge in [0.05, 0.1) is 13.7 Å². The molecule has 0 spiro atoms. The number of nitrogens with zero attached hydrogens (tertiary/aromatic N) is 2. The van der Waals surface area contributed by atoms with Gasteiger partial charge in [-0.2, -0.15) is 11.9 Å². The van der Waals surface area contributed by atoms with E-state index in [1.165, 1.54) is 39.2 Å². The van der Waals surface area contributed by atoms with Gasteiger partial charge in [0.25, 0.3) is 0 Å². The molecule has 2 aliphatic rings. The summed E-state index contributed by atoms with van der Waals surface area (Å²) in [4.78, 5) is 34.3. The predicted molar refractivity (Wildman–Crippen MR) is 172 cm³/mol. The number of aliphatic hydroxyl groups excluding tert-OH is 2. The number of ketones is 2. The number of pyridine rings is 1. The Hall–Kier alpha value is -3.95. The molecule has 0 radical (unpaired) electrons. The molecule has 0 saturated heterocycles. The molecule has 5 rings (SSSR count). The summed E-state index contributed by atoms with van der Waals surface area (Å²) in [5.74, 6) is -0.416. The molecule has 3 unspecified atom stereocenters. The number of methoxy groups -OCH3 is 1. The largest absolute Gasteiger partial charge is 0.668 e. The summed E-state index contributed by atoms with van der Waals surface area (Å²) >= 11 is 0. The van der Waals surface area contributed by atoms with Crippen molar-refractivity contribution in [3.8, 4) is 11.5 Å². The zero-order valence-corrected chi connectivity index (χ0v) is 26.0. The minimum Gasteiger partial charge on any atom is -0.668 e. The van der Waals surface area contributed by atoms with E-state index in [-0.39, 0.29) is 37.4 Å². The van der Waals surface area contributed by atoms with Crippen molar-refractivity contribution in [3.05, 3.63) is 76.7 Å². The van der Waals surface area contributed by atoms with Gasteiger partial charge in [-0.05, 0) is 48.4 Å². The molecule has 2 heterocycles. The van der Waals surface area contributed by atoms with Crippen LogP contribution in [0.3, 0.4) is 0 Å². The summed E-state index contributed by atoms with van der Waals surface area (Å²) in [6.07, 6.45) is 14.0. The summed E-state index contributed by atoms with van der Waals surface area (Å²) < 4.78 is 5.55. The molecule has 45 heavy (non-hydrogen) atoms. The van der Waals surface area contributed by atoms with Crippen molar-refractivity contribution in [2.24, 2.45) is 11.3 Å². The van der Waals surface area contributed by atoms with Crippen LogP contribution in [-0.4, -0.2) is 51.7 Å². The third-order valence-electron chi connectivity index (χ3n) is 9.67. The van der Waals surface area contributed by atoms with Crippen LogP contribution in [-0.2, 0) is 22.4 Å². The van der Waals surface area contributed by atoms with E-state index in [0.29, 0.717) is 41.3 Å². The number of hydrogen-bond acceptors (Lipinski definition) is 8. The lowest BCUT2D eigenvalue weighted by atomic mass is 9.63. The normalized spacial score (nSPS) is 20.5. The average Bonchev–Trinajstić information content (AvgIpc) is 3.57. The van der Waals surface area contributed by atoms with E-state index >= 15 is 0 Å². The number of carbonyl (C=O) groups is 2. The lowest BCUT2D eigenvalue weighted by Crippen LogP contribution is -2.37. The molecular formula is C36H44N3O6-. The summed E-state index contributed by atoms with van der Waals surface area (Å²) in [7, 11) is 1.45. The highest BCUT2D eigenvalue weighted by Gasteiger charge is 2.43. The summed E-state index contributed by atoms with van der Waals surface area (Å²) in [6, 6.07) is 9.03. The van der Waals surface area contributed by atoms with E-state index in [1.807, 2.05) is 30.4 Å². The van der Waals surface area contributed by atoms with Gasteiger partial charge in [0, 0.05) is 41.5 Å². The molecular weight excluding hydrogens is 570 g/mol. The molecule has 1 aromatic carbocycles. The molecule has 9 heteroatoms. The highest BCUT2D eigenvalue weighted by molar-refractivity contribution is 6.05. The Morgan fingerprint density at radius 2 is 1.91 bits per heavy atom. The maximum Gasteiger partial charge on any atom is 0.170 e. The maximum atomic E-state index is 12.9. The minimum absolute atomic E-state index is 0.0521. The third kappa shape index (κ3) is 7.15. The number of benzene rings is 1. The van der Waals surface area contributed by atoms with Crippen molar-refractivity contribution in [2.75, 3.05) is 19.5 Å². The average molecular weight is 615 g/mol. The summed E-state index contributed by atoms with van der Waals surface area (Å²) in [6.45, 7) is -0.248. The van der Waals surface area contributed by atoms with Crippen molar-refractivity contribution in [2.45, 2.75) is 82.7 Å². The number of aromatic nitrogens is 2. The van der Waals surface area contributed by atoms with E-state index in [2.05, 4.69) is 9.97 Å². The molecule has 9 nitrogen and oxygen atoms in total. The smallest absolute Gasteiger partial charge is 0.170 e. The van der Waals surface area contributed by atoms with Crippen LogP contribution in [0.2, 0.25) is 0 Å². The number of Topliss-reactive ketones (excluding diaryl/α,β-unsaturated/α-hetero) is 2. The molecule has 2 aliphatic carbocycles. The van der Waals surface area contributed by atoms with Crippen LogP contribution in [0.1, 0.15) is 91.7 Å². The first-order chi connectivity index (χ1) is 21.8. The van der Waals surface area contributed by atoms with Crippen LogP contribution in [0.15, 0.2) is 48.8 Å². The molecule has 0 aliphatic heterocycles. The maximum absolute atomic E-state index is 12.9. The monoisotopic (exact) mass is 614 g/mol.